The molecule has 1 rings (SSSR count). The van der Waals surface area contributed by atoms with Gasteiger partial charge in [0.25, 0.3) is 0 Å². The van der Waals surface area contributed by atoms with Crippen LogP contribution < -0.4 is 5.32 Å². The topological polar surface area (TPSA) is 29.1 Å². The van der Waals surface area contributed by atoms with Gasteiger partial charge in [0.15, 0.2) is 0 Å². The smallest absolute Gasteiger partial charge is 0.227 e. The van der Waals surface area contributed by atoms with Crippen LogP contribution in [0.25, 0.3) is 0 Å². The SMILES string of the molecule is C#CC(C)NC(=O)C1(CC)CC1. The molecule has 66 valence electrons. The highest BCUT2D eigenvalue weighted by Crippen LogP contribution is 2.48. The maximum absolute atomic E-state index is 11.5. The lowest BCUT2D eigenvalue weighted by Gasteiger charge is -2.14. The van der Waals surface area contributed by atoms with Gasteiger partial charge in [0, 0.05) is 5.41 Å². The molecule has 1 atom stereocenters. The molecule has 1 saturated carbocycles. The van der Waals surface area contributed by atoms with Crippen molar-refractivity contribution in [2.24, 2.45) is 5.41 Å². The van der Waals surface area contributed by atoms with E-state index in [4.69, 9.17) is 6.42 Å². The van der Waals surface area contributed by atoms with Crippen LogP contribution in [0.1, 0.15) is 33.1 Å². The third-order valence-electron chi connectivity index (χ3n) is 2.61. The highest BCUT2D eigenvalue weighted by atomic mass is 16.2. The molecule has 0 aromatic carbocycles. The molecule has 1 unspecified atom stereocenters. The summed E-state index contributed by atoms with van der Waals surface area (Å²) in [6, 6.07) is -0.137. The minimum absolute atomic E-state index is 0.0644. The van der Waals surface area contributed by atoms with Gasteiger partial charge in [-0.1, -0.05) is 12.8 Å². The lowest BCUT2D eigenvalue weighted by molar-refractivity contribution is -0.126. The predicted molar refractivity (Wildman–Crippen MR) is 48.4 cm³/mol. The van der Waals surface area contributed by atoms with Crippen molar-refractivity contribution in [2.75, 3.05) is 0 Å². The Kier molecular flexibility index (Phi) is 2.42. The van der Waals surface area contributed by atoms with E-state index in [0.29, 0.717) is 0 Å². The average Bonchev–Trinajstić information content (AvgIpc) is 2.84. The van der Waals surface area contributed by atoms with Crippen LogP contribution in [0.3, 0.4) is 0 Å². The first-order chi connectivity index (χ1) is 5.64. The Morgan fingerprint density at radius 3 is 2.67 bits per heavy atom. The monoisotopic (exact) mass is 165 g/mol. The highest BCUT2D eigenvalue weighted by Gasteiger charge is 2.47. The van der Waals surface area contributed by atoms with Gasteiger partial charge in [-0.25, -0.2) is 0 Å². The molecule has 1 fully saturated rings. The molecular weight excluding hydrogens is 150 g/mol. The van der Waals surface area contributed by atoms with Crippen LogP contribution in [0.5, 0.6) is 0 Å². The second kappa shape index (κ2) is 3.18. The molecule has 1 N–H and O–H groups in total. The summed E-state index contributed by atoms with van der Waals surface area (Å²) >= 11 is 0. The fourth-order valence-electron chi connectivity index (χ4n) is 1.28. The number of carbonyl (C=O) groups excluding carboxylic acids is 1. The molecule has 0 saturated heterocycles. The van der Waals surface area contributed by atoms with Crippen LogP contribution in [0.15, 0.2) is 0 Å². The van der Waals surface area contributed by atoms with E-state index < -0.39 is 0 Å². The zero-order valence-corrected chi connectivity index (χ0v) is 7.68. The third kappa shape index (κ3) is 1.61. The Morgan fingerprint density at radius 2 is 2.33 bits per heavy atom. The highest BCUT2D eigenvalue weighted by molar-refractivity contribution is 5.85. The largest absolute Gasteiger partial charge is 0.342 e. The quantitative estimate of drug-likeness (QED) is 0.628. The zero-order valence-electron chi connectivity index (χ0n) is 7.68. The molecule has 12 heavy (non-hydrogen) atoms. The Morgan fingerprint density at radius 1 is 1.75 bits per heavy atom. The fraction of sp³-hybridized carbons (Fsp3) is 0.700. The van der Waals surface area contributed by atoms with Crippen LogP contribution in [0.2, 0.25) is 0 Å². The molecule has 0 radical (unpaired) electrons. The molecule has 0 aromatic rings. The van der Waals surface area contributed by atoms with E-state index in [9.17, 15) is 4.79 Å². The molecule has 0 aliphatic heterocycles. The lowest BCUT2D eigenvalue weighted by atomic mass is 10.0. The summed E-state index contributed by atoms with van der Waals surface area (Å²) in [5.74, 6) is 2.62. The van der Waals surface area contributed by atoms with Crippen molar-refractivity contribution in [1.82, 2.24) is 5.32 Å². The molecule has 0 aromatic heterocycles. The molecule has 1 aliphatic carbocycles. The van der Waals surface area contributed by atoms with Gasteiger partial charge in [-0.15, -0.1) is 6.42 Å². The standard InChI is InChI=1S/C10H15NO/c1-4-8(3)11-9(12)10(5-2)6-7-10/h1,8H,5-7H2,2-3H3,(H,11,12). The molecular formula is C10H15NO. The van der Waals surface area contributed by atoms with E-state index in [2.05, 4.69) is 11.2 Å². The van der Waals surface area contributed by atoms with Gasteiger partial charge < -0.3 is 5.32 Å². The van der Waals surface area contributed by atoms with Crippen molar-refractivity contribution in [2.45, 2.75) is 39.2 Å². The molecule has 0 heterocycles. The lowest BCUT2D eigenvalue weighted by Crippen LogP contribution is -2.37. The molecule has 1 amide bonds. The van der Waals surface area contributed by atoms with Crippen LogP contribution >= 0.6 is 0 Å². The van der Waals surface area contributed by atoms with Gasteiger partial charge in [-0.2, -0.15) is 0 Å². The van der Waals surface area contributed by atoms with Gasteiger partial charge in [-0.3, -0.25) is 4.79 Å². The number of hydrogen-bond donors (Lipinski definition) is 1. The van der Waals surface area contributed by atoms with E-state index in [1.165, 1.54) is 0 Å². The minimum atomic E-state index is -0.137. The average molecular weight is 165 g/mol. The molecule has 2 heteroatoms. The summed E-state index contributed by atoms with van der Waals surface area (Å²) in [5.41, 5.74) is -0.0644. The Hall–Kier alpha value is -0.970. The van der Waals surface area contributed by atoms with Gasteiger partial charge in [0.05, 0.1) is 6.04 Å². The first kappa shape index (κ1) is 9.12. The number of hydrogen-bond acceptors (Lipinski definition) is 1. The van der Waals surface area contributed by atoms with Crippen molar-refractivity contribution in [3.63, 3.8) is 0 Å². The molecule has 2 nitrogen and oxygen atoms in total. The molecule has 1 aliphatic rings. The van der Waals surface area contributed by atoms with Crippen LogP contribution in [0, 0.1) is 17.8 Å². The van der Waals surface area contributed by atoms with E-state index >= 15 is 0 Å². The fourth-order valence-corrected chi connectivity index (χ4v) is 1.28. The van der Waals surface area contributed by atoms with E-state index in [1.54, 1.807) is 0 Å². The van der Waals surface area contributed by atoms with Crippen molar-refractivity contribution in [3.8, 4) is 12.3 Å². The predicted octanol–water partition coefficient (Wildman–Crippen LogP) is 1.31. The third-order valence-corrected chi connectivity index (χ3v) is 2.61. The number of terminal acetylenes is 1. The summed E-state index contributed by atoms with van der Waals surface area (Å²) in [7, 11) is 0. The molecule has 0 bridgehead atoms. The van der Waals surface area contributed by atoms with Crippen molar-refractivity contribution in [1.29, 1.82) is 0 Å². The maximum atomic E-state index is 11.5. The maximum Gasteiger partial charge on any atom is 0.227 e. The Bertz CT molecular complexity index is 222. The van der Waals surface area contributed by atoms with Crippen LogP contribution in [-0.4, -0.2) is 11.9 Å². The Labute approximate surface area is 73.7 Å². The van der Waals surface area contributed by atoms with E-state index in [0.717, 1.165) is 19.3 Å². The second-order valence-corrected chi connectivity index (χ2v) is 3.50. The van der Waals surface area contributed by atoms with Gasteiger partial charge in [-0.05, 0) is 26.2 Å². The number of carbonyl (C=O) groups is 1. The molecule has 0 spiro atoms. The summed E-state index contributed by atoms with van der Waals surface area (Å²) in [6.07, 6.45) is 8.13. The Balaban J connectivity index is 2.45. The van der Waals surface area contributed by atoms with Gasteiger partial charge in [0.2, 0.25) is 5.91 Å². The zero-order chi connectivity index (χ0) is 9.19. The summed E-state index contributed by atoms with van der Waals surface area (Å²) < 4.78 is 0. The van der Waals surface area contributed by atoms with Crippen molar-refractivity contribution < 1.29 is 4.79 Å². The number of amides is 1. The summed E-state index contributed by atoms with van der Waals surface area (Å²) in [5, 5.41) is 2.81. The first-order valence-corrected chi connectivity index (χ1v) is 4.42. The van der Waals surface area contributed by atoms with Gasteiger partial charge >= 0.3 is 0 Å². The first-order valence-electron chi connectivity index (χ1n) is 4.42. The number of rotatable bonds is 3. The van der Waals surface area contributed by atoms with E-state index in [1.807, 2.05) is 13.8 Å². The number of nitrogens with one attached hydrogen (secondary N) is 1. The minimum Gasteiger partial charge on any atom is -0.342 e. The second-order valence-electron chi connectivity index (χ2n) is 3.50. The van der Waals surface area contributed by atoms with Crippen molar-refractivity contribution in [3.05, 3.63) is 0 Å². The van der Waals surface area contributed by atoms with Crippen molar-refractivity contribution >= 4 is 5.91 Å². The summed E-state index contributed by atoms with van der Waals surface area (Å²) in [4.78, 5) is 11.5. The van der Waals surface area contributed by atoms with E-state index in [-0.39, 0.29) is 17.4 Å². The summed E-state index contributed by atoms with van der Waals surface area (Å²) in [6.45, 7) is 3.87. The van der Waals surface area contributed by atoms with Crippen LogP contribution in [-0.2, 0) is 4.79 Å². The van der Waals surface area contributed by atoms with Crippen LogP contribution in [0.4, 0.5) is 0 Å². The normalized spacial score (nSPS) is 20.8. The van der Waals surface area contributed by atoms with Gasteiger partial charge in [0.1, 0.15) is 0 Å².